The molecule has 0 atom stereocenters. The molecule has 21 heavy (non-hydrogen) atoms. The predicted molar refractivity (Wildman–Crippen MR) is 95.9 cm³/mol. The van der Waals surface area contributed by atoms with E-state index in [1.165, 1.54) is 11.1 Å². The number of halogens is 2. The Balaban J connectivity index is 2.17. The molecule has 0 N–H and O–H groups in total. The molecule has 0 saturated heterocycles. The number of nitrogens with zero attached hydrogens (tertiary/aromatic N) is 1. The molecule has 0 aliphatic rings. The molecular weight excluding hydrogens is 397 g/mol. The average molecular weight is 414 g/mol. The number of amides is 1. The lowest BCUT2D eigenvalue weighted by molar-refractivity contribution is 0.0785. The number of carbonyl (C=O) groups excluding carboxylic acids is 1. The van der Waals surface area contributed by atoms with E-state index < -0.39 is 0 Å². The highest BCUT2D eigenvalue weighted by Crippen LogP contribution is 2.21. The highest BCUT2D eigenvalue weighted by molar-refractivity contribution is 14.1. The Hall–Kier alpha value is -1.07. The van der Waals surface area contributed by atoms with Gasteiger partial charge in [-0.1, -0.05) is 35.4 Å². The van der Waals surface area contributed by atoms with Crippen molar-refractivity contribution in [3.63, 3.8) is 0 Å². The van der Waals surface area contributed by atoms with Crippen molar-refractivity contribution < 1.29 is 4.79 Å². The monoisotopic (exact) mass is 413 g/mol. The lowest BCUT2D eigenvalue weighted by Crippen LogP contribution is -2.26. The van der Waals surface area contributed by atoms with Crippen molar-refractivity contribution in [1.29, 1.82) is 0 Å². The zero-order valence-corrected chi connectivity index (χ0v) is 15.2. The first kappa shape index (κ1) is 16.3. The van der Waals surface area contributed by atoms with E-state index in [2.05, 4.69) is 54.6 Å². The Morgan fingerprint density at radius 3 is 2.52 bits per heavy atom. The number of hydrogen-bond acceptors (Lipinski definition) is 1. The van der Waals surface area contributed by atoms with E-state index in [0.717, 1.165) is 9.13 Å². The fourth-order valence-electron chi connectivity index (χ4n) is 2.20. The van der Waals surface area contributed by atoms with Crippen LogP contribution in [0.2, 0.25) is 5.02 Å². The van der Waals surface area contributed by atoms with Crippen molar-refractivity contribution in [1.82, 2.24) is 4.90 Å². The number of benzene rings is 2. The van der Waals surface area contributed by atoms with Gasteiger partial charge >= 0.3 is 0 Å². The normalized spacial score (nSPS) is 10.5. The molecule has 0 saturated carbocycles. The predicted octanol–water partition coefficient (Wildman–Crippen LogP) is 4.83. The minimum absolute atomic E-state index is 0.0201. The van der Waals surface area contributed by atoms with Crippen LogP contribution in [-0.4, -0.2) is 17.9 Å². The first-order chi connectivity index (χ1) is 9.88. The van der Waals surface area contributed by atoms with Crippen LogP contribution in [-0.2, 0) is 6.54 Å². The highest BCUT2D eigenvalue weighted by atomic mass is 127. The van der Waals surface area contributed by atoms with Crippen LogP contribution in [0.1, 0.15) is 27.0 Å². The maximum atomic E-state index is 12.5. The summed E-state index contributed by atoms with van der Waals surface area (Å²) in [5.74, 6) is -0.0201. The molecule has 0 fully saturated rings. The van der Waals surface area contributed by atoms with Gasteiger partial charge in [-0.15, -0.1) is 0 Å². The van der Waals surface area contributed by atoms with E-state index in [-0.39, 0.29) is 5.91 Å². The van der Waals surface area contributed by atoms with Gasteiger partial charge in [0.1, 0.15) is 0 Å². The van der Waals surface area contributed by atoms with Crippen molar-refractivity contribution in [2.45, 2.75) is 20.4 Å². The summed E-state index contributed by atoms with van der Waals surface area (Å²) < 4.78 is 0.947. The molecule has 0 aliphatic carbocycles. The van der Waals surface area contributed by atoms with E-state index in [4.69, 9.17) is 11.6 Å². The second kappa shape index (κ2) is 6.79. The summed E-state index contributed by atoms with van der Waals surface area (Å²) in [5, 5.41) is 0.612. The van der Waals surface area contributed by atoms with Crippen LogP contribution >= 0.6 is 34.2 Å². The molecule has 2 aromatic carbocycles. The molecule has 4 heteroatoms. The first-order valence-electron chi connectivity index (χ1n) is 6.65. The van der Waals surface area contributed by atoms with Gasteiger partial charge in [-0.25, -0.2) is 0 Å². The zero-order valence-electron chi connectivity index (χ0n) is 12.3. The quantitative estimate of drug-likeness (QED) is 0.660. The third kappa shape index (κ3) is 3.98. The molecule has 0 aromatic heterocycles. The van der Waals surface area contributed by atoms with E-state index in [1.807, 2.05) is 19.2 Å². The van der Waals surface area contributed by atoms with Crippen LogP contribution in [0.5, 0.6) is 0 Å². The van der Waals surface area contributed by atoms with Gasteiger partial charge < -0.3 is 4.90 Å². The van der Waals surface area contributed by atoms with Gasteiger partial charge in [0.25, 0.3) is 5.91 Å². The van der Waals surface area contributed by atoms with Crippen LogP contribution < -0.4 is 0 Å². The molecule has 110 valence electrons. The highest BCUT2D eigenvalue weighted by Gasteiger charge is 2.14. The van der Waals surface area contributed by atoms with E-state index in [1.54, 1.807) is 11.0 Å². The fraction of sp³-hybridized carbons (Fsp3) is 0.235. The minimum atomic E-state index is -0.0201. The summed E-state index contributed by atoms with van der Waals surface area (Å²) in [6.45, 7) is 4.73. The van der Waals surface area contributed by atoms with Crippen molar-refractivity contribution in [3.05, 3.63) is 67.2 Å². The summed E-state index contributed by atoms with van der Waals surface area (Å²) in [5.41, 5.74) is 4.21. The van der Waals surface area contributed by atoms with Crippen molar-refractivity contribution in [3.8, 4) is 0 Å². The third-order valence-electron chi connectivity index (χ3n) is 3.42. The smallest absolute Gasteiger partial charge is 0.253 e. The second-order valence-corrected chi connectivity index (χ2v) is 6.79. The van der Waals surface area contributed by atoms with Gasteiger partial charge in [-0.05, 0) is 65.8 Å². The third-order valence-corrected chi connectivity index (χ3v) is 4.99. The van der Waals surface area contributed by atoms with Gasteiger partial charge in [0, 0.05) is 22.7 Å². The Labute approximate surface area is 144 Å². The molecule has 2 aromatic rings. The summed E-state index contributed by atoms with van der Waals surface area (Å²) in [4.78, 5) is 14.2. The SMILES string of the molecule is Cc1ccc(CN(C)C(=O)c2ccc(I)c(Cl)c2)c(C)c1. The molecule has 0 radical (unpaired) electrons. The zero-order chi connectivity index (χ0) is 15.6. The Bertz CT molecular complexity index is 684. The number of aryl methyl sites for hydroxylation is 2. The summed E-state index contributed by atoms with van der Waals surface area (Å²) >= 11 is 8.24. The average Bonchev–Trinajstić information content (AvgIpc) is 2.44. The van der Waals surface area contributed by atoms with Gasteiger partial charge in [-0.3, -0.25) is 4.79 Å². The van der Waals surface area contributed by atoms with Crippen LogP contribution in [0, 0.1) is 17.4 Å². The van der Waals surface area contributed by atoms with Crippen molar-refractivity contribution in [2.75, 3.05) is 7.05 Å². The van der Waals surface area contributed by atoms with Gasteiger partial charge in [0.2, 0.25) is 0 Å². The molecule has 0 heterocycles. The standard InChI is InChI=1S/C17H17ClINO/c1-11-4-5-14(12(2)8-11)10-20(3)17(21)13-6-7-16(19)15(18)9-13/h4-9H,10H2,1-3H3. The van der Waals surface area contributed by atoms with Crippen LogP contribution in [0.15, 0.2) is 36.4 Å². The molecular formula is C17H17ClINO. The molecule has 2 rings (SSSR count). The summed E-state index contributed by atoms with van der Waals surface area (Å²) in [6, 6.07) is 11.7. The summed E-state index contributed by atoms with van der Waals surface area (Å²) in [7, 11) is 1.81. The number of rotatable bonds is 3. The van der Waals surface area contributed by atoms with E-state index >= 15 is 0 Å². The van der Waals surface area contributed by atoms with Gasteiger partial charge in [0.05, 0.1) is 5.02 Å². The van der Waals surface area contributed by atoms with Gasteiger partial charge in [0.15, 0.2) is 0 Å². The number of hydrogen-bond donors (Lipinski definition) is 0. The van der Waals surface area contributed by atoms with E-state index in [0.29, 0.717) is 17.1 Å². The van der Waals surface area contributed by atoms with Gasteiger partial charge in [-0.2, -0.15) is 0 Å². The Morgan fingerprint density at radius 1 is 1.19 bits per heavy atom. The topological polar surface area (TPSA) is 20.3 Å². The Kier molecular flexibility index (Phi) is 5.27. The molecule has 0 bridgehead atoms. The first-order valence-corrected chi connectivity index (χ1v) is 8.11. The minimum Gasteiger partial charge on any atom is -0.337 e. The summed E-state index contributed by atoms with van der Waals surface area (Å²) in [6.07, 6.45) is 0. The van der Waals surface area contributed by atoms with Crippen LogP contribution in [0.3, 0.4) is 0 Å². The largest absolute Gasteiger partial charge is 0.337 e. The lowest BCUT2D eigenvalue weighted by Gasteiger charge is -2.19. The van der Waals surface area contributed by atoms with Crippen molar-refractivity contribution >= 4 is 40.1 Å². The molecule has 1 amide bonds. The molecule has 0 spiro atoms. The fourth-order valence-corrected chi connectivity index (χ4v) is 2.72. The van der Waals surface area contributed by atoms with Crippen LogP contribution in [0.4, 0.5) is 0 Å². The molecule has 0 unspecified atom stereocenters. The van der Waals surface area contributed by atoms with E-state index in [9.17, 15) is 4.79 Å². The maximum Gasteiger partial charge on any atom is 0.253 e. The van der Waals surface area contributed by atoms with Crippen molar-refractivity contribution in [2.24, 2.45) is 0 Å². The second-order valence-electron chi connectivity index (χ2n) is 5.22. The number of carbonyl (C=O) groups is 1. The molecule has 2 nitrogen and oxygen atoms in total. The molecule has 0 aliphatic heterocycles. The maximum absolute atomic E-state index is 12.5. The Morgan fingerprint density at radius 2 is 1.90 bits per heavy atom. The van der Waals surface area contributed by atoms with Crippen LogP contribution in [0.25, 0.3) is 0 Å². The lowest BCUT2D eigenvalue weighted by atomic mass is 10.1.